The lowest BCUT2D eigenvalue weighted by Crippen LogP contribution is -2.11. The van der Waals surface area contributed by atoms with Crippen molar-refractivity contribution < 1.29 is 19.6 Å². The van der Waals surface area contributed by atoms with E-state index in [1.807, 2.05) is 0 Å². The van der Waals surface area contributed by atoms with Crippen LogP contribution in [0, 0.1) is 10.1 Å². The Morgan fingerprint density at radius 2 is 2.00 bits per heavy atom. The Morgan fingerprint density at radius 3 is 2.63 bits per heavy atom. The molecular formula is C12H10N2O5. The zero-order valence-electron chi connectivity index (χ0n) is 9.78. The van der Waals surface area contributed by atoms with Crippen molar-refractivity contribution in [1.29, 1.82) is 0 Å². The number of fused-ring (bicyclic) bond motifs is 1. The number of carbonyl (C=O) groups is 2. The number of rotatable bonds is 4. The minimum Gasteiger partial charge on any atom is -0.481 e. The smallest absolute Gasteiger partial charge is 0.303 e. The van der Waals surface area contributed by atoms with Gasteiger partial charge < -0.3 is 5.11 Å². The lowest BCUT2D eigenvalue weighted by atomic mass is 10.2. The third kappa shape index (κ3) is 2.59. The molecule has 0 aliphatic heterocycles. The van der Waals surface area contributed by atoms with Gasteiger partial charge in [0.1, 0.15) is 0 Å². The van der Waals surface area contributed by atoms with Crippen LogP contribution in [-0.4, -0.2) is 26.5 Å². The summed E-state index contributed by atoms with van der Waals surface area (Å²) in [5.74, 6) is -1.46. The highest BCUT2D eigenvalue weighted by molar-refractivity contribution is 5.94. The average Bonchev–Trinajstić information content (AvgIpc) is 2.78. The van der Waals surface area contributed by atoms with E-state index < -0.39 is 16.8 Å². The summed E-state index contributed by atoms with van der Waals surface area (Å²) in [4.78, 5) is 32.4. The maximum atomic E-state index is 11.8. The number of benzene rings is 1. The van der Waals surface area contributed by atoms with Crippen LogP contribution in [0.25, 0.3) is 10.9 Å². The Morgan fingerprint density at radius 1 is 1.26 bits per heavy atom. The van der Waals surface area contributed by atoms with Crippen LogP contribution < -0.4 is 0 Å². The molecule has 0 bridgehead atoms. The molecule has 19 heavy (non-hydrogen) atoms. The highest BCUT2D eigenvalue weighted by Crippen LogP contribution is 2.22. The fourth-order valence-electron chi connectivity index (χ4n) is 1.78. The summed E-state index contributed by atoms with van der Waals surface area (Å²) in [5, 5.41) is 19.9. The molecule has 7 nitrogen and oxygen atoms in total. The Labute approximate surface area is 107 Å². The van der Waals surface area contributed by atoms with Gasteiger partial charge in [-0.15, -0.1) is 0 Å². The molecule has 98 valence electrons. The number of carboxylic acids is 1. The normalized spacial score (nSPS) is 10.5. The van der Waals surface area contributed by atoms with Gasteiger partial charge in [-0.2, -0.15) is 0 Å². The number of non-ortho nitro benzene ring substituents is 1. The summed E-state index contributed by atoms with van der Waals surface area (Å²) in [6.07, 6.45) is 1.06. The first kappa shape index (κ1) is 12.7. The van der Waals surface area contributed by atoms with E-state index in [-0.39, 0.29) is 18.5 Å². The van der Waals surface area contributed by atoms with E-state index in [1.165, 1.54) is 22.9 Å². The molecule has 0 saturated carbocycles. The van der Waals surface area contributed by atoms with Crippen molar-refractivity contribution in [2.75, 3.05) is 0 Å². The second-order valence-electron chi connectivity index (χ2n) is 3.97. The van der Waals surface area contributed by atoms with Crippen molar-refractivity contribution in [1.82, 2.24) is 4.57 Å². The minimum absolute atomic E-state index is 0.113. The molecule has 0 saturated heterocycles. The number of nitro groups is 1. The van der Waals surface area contributed by atoms with Gasteiger partial charge in [0, 0.05) is 30.1 Å². The molecule has 1 N–H and O–H groups in total. The fourth-order valence-corrected chi connectivity index (χ4v) is 1.78. The lowest BCUT2D eigenvalue weighted by molar-refractivity contribution is -0.384. The minimum atomic E-state index is -1.06. The zero-order chi connectivity index (χ0) is 14.0. The maximum absolute atomic E-state index is 11.8. The largest absolute Gasteiger partial charge is 0.481 e. The van der Waals surface area contributed by atoms with E-state index >= 15 is 0 Å². The first-order valence-electron chi connectivity index (χ1n) is 5.49. The number of hydrogen-bond donors (Lipinski definition) is 1. The summed E-state index contributed by atoms with van der Waals surface area (Å²) in [6, 6.07) is 5.86. The van der Waals surface area contributed by atoms with Crippen molar-refractivity contribution in [3.8, 4) is 0 Å². The SMILES string of the molecule is O=C(O)CCC(=O)n1ccc2ccc([N+](=O)[O-])cc21. The van der Waals surface area contributed by atoms with Crippen molar-refractivity contribution in [3.05, 3.63) is 40.6 Å². The molecule has 0 amide bonds. The summed E-state index contributed by atoms with van der Waals surface area (Å²) < 4.78 is 1.24. The van der Waals surface area contributed by atoms with Crippen molar-refractivity contribution in [2.45, 2.75) is 12.8 Å². The molecule has 0 unspecified atom stereocenters. The molecule has 0 atom stereocenters. The Kier molecular flexibility index (Phi) is 3.28. The number of hydrogen-bond acceptors (Lipinski definition) is 4. The Bertz CT molecular complexity index is 674. The van der Waals surface area contributed by atoms with E-state index in [0.717, 1.165) is 0 Å². The third-order valence-corrected chi connectivity index (χ3v) is 2.71. The van der Waals surface area contributed by atoms with Gasteiger partial charge in [0.15, 0.2) is 0 Å². The Balaban J connectivity index is 2.37. The maximum Gasteiger partial charge on any atom is 0.303 e. The monoisotopic (exact) mass is 262 g/mol. The van der Waals surface area contributed by atoms with Gasteiger partial charge in [-0.25, -0.2) is 0 Å². The van der Waals surface area contributed by atoms with Gasteiger partial charge in [0.05, 0.1) is 16.9 Å². The molecule has 0 aliphatic rings. The lowest BCUT2D eigenvalue weighted by Gasteiger charge is -2.02. The first-order chi connectivity index (χ1) is 8.99. The van der Waals surface area contributed by atoms with Crippen LogP contribution in [0.4, 0.5) is 5.69 Å². The molecule has 0 aliphatic carbocycles. The third-order valence-electron chi connectivity index (χ3n) is 2.71. The number of aromatic nitrogens is 1. The van der Waals surface area contributed by atoms with Gasteiger partial charge in [0.25, 0.3) is 5.69 Å². The number of carbonyl (C=O) groups excluding carboxylic acids is 1. The molecule has 1 heterocycles. The van der Waals surface area contributed by atoms with Gasteiger partial charge in [-0.3, -0.25) is 24.3 Å². The van der Waals surface area contributed by atoms with E-state index in [4.69, 9.17) is 5.11 Å². The van der Waals surface area contributed by atoms with Crippen LogP contribution in [0.15, 0.2) is 30.5 Å². The molecule has 2 aromatic rings. The predicted octanol–water partition coefficient (Wildman–Crippen LogP) is 2.05. The quantitative estimate of drug-likeness (QED) is 0.671. The standard InChI is InChI=1S/C12H10N2O5/c15-11(3-4-12(16)17)13-6-5-8-1-2-9(14(18)19)7-10(8)13/h1-2,5-7H,3-4H2,(H,16,17). The topological polar surface area (TPSA) is 102 Å². The summed E-state index contributed by atoms with van der Waals surface area (Å²) >= 11 is 0. The van der Waals surface area contributed by atoms with Crippen LogP contribution in [0.1, 0.15) is 17.6 Å². The fraction of sp³-hybridized carbons (Fsp3) is 0.167. The van der Waals surface area contributed by atoms with Crippen LogP contribution >= 0.6 is 0 Å². The van der Waals surface area contributed by atoms with E-state index in [0.29, 0.717) is 10.9 Å². The predicted molar refractivity (Wildman–Crippen MR) is 66.1 cm³/mol. The molecule has 1 aromatic carbocycles. The molecular weight excluding hydrogens is 252 g/mol. The van der Waals surface area contributed by atoms with Crippen molar-refractivity contribution >= 4 is 28.5 Å². The van der Waals surface area contributed by atoms with Crippen LogP contribution in [0.3, 0.4) is 0 Å². The van der Waals surface area contributed by atoms with Gasteiger partial charge >= 0.3 is 5.97 Å². The first-order valence-corrected chi connectivity index (χ1v) is 5.49. The van der Waals surface area contributed by atoms with E-state index in [9.17, 15) is 19.7 Å². The number of aliphatic carboxylic acids is 1. The number of carboxylic acid groups (broad SMARTS) is 1. The average molecular weight is 262 g/mol. The summed E-state index contributed by atoms with van der Waals surface area (Å²) in [5.41, 5.74) is 0.295. The van der Waals surface area contributed by atoms with Gasteiger partial charge in [-0.05, 0) is 12.1 Å². The molecule has 7 heteroatoms. The Hall–Kier alpha value is -2.70. The highest BCUT2D eigenvalue weighted by Gasteiger charge is 2.13. The zero-order valence-corrected chi connectivity index (χ0v) is 9.78. The van der Waals surface area contributed by atoms with Gasteiger partial charge in [0.2, 0.25) is 5.91 Å². The molecule has 0 spiro atoms. The molecule has 0 radical (unpaired) electrons. The molecule has 1 aromatic heterocycles. The molecule has 0 fully saturated rings. The van der Waals surface area contributed by atoms with Crippen LogP contribution in [0.2, 0.25) is 0 Å². The van der Waals surface area contributed by atoms with Gasteiger partial charge in [-0.1, -0.05) is 0 Å². The second kappa shape index (κ2) is 4.89. The molecule has 2 rings (SSSR count). The van der Waals surface area contributed by atoms with E-state index in [2.05, 4.69) is 0 Å². The number of nitro benzene ring substituents is 1. The highest BCUT2D eigenvalue weighted by atomic mass is 16.6. The summed E-state index contributed by atoms with van der Waals surface area (Å²) in [6.45, 7) is 0. The summed E-state index contributed by atoms with van der Waals surface area (Å²) in [7, 11) is 0. The van der Waals surface area contributed by atoms with Crippen LogP contribution in [0.5, 0.6) is 0 Å². The van der Waals surface area contributed by atoms with Crippen molar-refractivity contribution in [3.63, 3.8) is 0 Å². The van der Waals surface area contributed by atoms with E-state index in [1.54, 1.807) is 12.1 Å². The number of nitrogens with zero attached hydrogens (tertiary/aromatic N) is 2. The second-order valence-corrected chi connectivity index (χ2v) is 3.97. The van der Waals surface area contributed by atoms with Crippen LogP contribution in [-0.2, 0) is 4.79 Å². The van der Waals surface area contributed by atoms with Crippen molar-refractivity contribution in [2.24, 2.45) is 0 Å².